The molecule has 0 aliphatic carbocycles. The van der Waals surface area contributed by atoms with Crippen LogP contribution >= 0.6 is 0 Å². The summed E-state index contributed by atoms with van der Waals surface area (Å²) in [4.78, 5) is 12.6. The van der Waals surface area contributed by atoms with Gasteiger partial charge in [-0.05, 0) is 31.1 Å². The first-order valence-electron chi connectivity index (χ1n) is 9.10. The van der Waals surface area contributed by atoms with Gasteiger partial charge in [-0.1, -0.05) is 39.0 Å². The largest absolute Gasteiger partial charge is 0.462 e. The molecule has 1 atom stereocenters. The lowest BCUT2D eigenvalue weighted by Crippen LogP contribution is -2.44. The van der Waals surface area contributed by atoms with Crippen LogP contribution in [-0.4, -0.2) is 31.6 Å². The highest BCUT2D eigenvalue weighted by atomic mass is 28.4. The summed E-state index contributed by atoms with van der Waals surface area (Å²) >= 11 is 0. The van der Waals surface area contributed by atoms with Gasteiger partial charge in [0.2, 0.25) is 0 Å². The molecule has 2 heterocycles. The summed E-state index contributed by atoms with van der Waals surface area (Å²) in [5, 5.41) is 1.16. The van der Waals surface area contributed by atoms with E-state index < -0.39 is 8.32 Å². The highest BCUT2D eigenvalue weighted by molar-refractivity contribution is 6.74. The number of rotatable bonds is 4. The monoisotopic (exact) mass is 359 g/mol. The number of hydrogen-bond donors (Lipinski definition) is 0. The Morgan fingerprint density at radius 1 is 1.28 bits per heavy atom. The number of nitrogens with zero attached hydrogens (tertiary/aromatic N) is 1. The number of aromatic nitrogens is 1. The second-order valence-corrected chi connectivity index (χ2v) is 13.1. The first-order chi connectivity index (χ1) is 11.7. The summed E-state index contributed by atoms with van der Waals surface area (Å²) in [6, 6.07) is 8.09. The van der Waals surface area contributed by atoms with Gasteiger partial charge in [0.15, 0.2) is 8.32 Å². The molecule has 0 saturated carbocycles. The van der Waals surface area contributed by atoms with Gasteiger partial charge in [0, 0.05) is 29.6 Å². The Labute approximate surface area is 151 Å². The first kappa shape index (κ1) is 18.2. The van der Waals surface area contributed by atoms with E-state index in [1.165, 1.54) is 0 Å². The average Bonchev–Trinajstić information content (AvgIpc) is 3.01. The Morgan fingerprint density at radius 2 is 1.96 bits per heavy atom. The summed E-state index contributed by atoms with van der Waals surface area (Å²) in [6.07, 6.45) is 0.906. The number of benzene rings is 1. The van der Waals surface area contributed by atoms with Crippen LogP contribution in [0.2, 0.25) is 18.1 Å². The Balaban J connectivity index is 1.96. The van der Waals surface area contributed by atoms with Crippen molar-refractivity contribution in [2.24, 2.45) is 0 Å². The average molecular weight is 360 g/mol. The summed E-state index contributed by atoms with van der Waals surface area (Å²) in [6.45, 7) is 14.4. The van der Waals surface area contributed by atoms with Gasteiger partial charge in [-0.3, -0.25) is 0 Å². The van der Waals surface area contributed by atoms with Crippen LogP contribution in [-0.2, 0) is 22.1 Å². The third-order valence-electron chi connectivity index (χ3n) is 5.63. The standard InChI is InChI=1S/C20H29NO3Si/c1-7-23-19(22)18-15-10-8-9-11-16(15)21-13-14(12-17(18)21)24-25(5,6)20(2,3)4/h8-11,14H,7,12-13H2,1-6H3/t14-/m0/s1. The quantitative estimate of drug-likeness (QED) is 0.583. The van der Waals surface area contributed by atoms with E-state index in [2.05, 4.69) is 44.5 Å². The van der Waals surface area contributed by atoms with E-state index in [9.17, 15) is 4.79 Å². The van der Waals surface area contributed by atoms with E-state index in [0.717, 1.165) is 35.1 Å². The second kappa shape index (κ2) is 6.29. The zero-order valence-electron chi connectivity index (χ0n) is 16.2. The molecule has 3 rings (SSSR count). The maximum atomic E-state index is 12.6. The molecule has 0 N–H and O–H groups in total. The molecule has 1 aliphatic heterocycles. The Bertz CT molecular complexity index is 801. The lowest BCUT2D eigenvalue weighted by Gasteiger charge is -2.38. The molecule has 1 aliphatic rings. The number of hydrogen-bond acceptors (Lipinski definition) is 3. The predicted octanol–water partition coefficient (Wildman–Crippen LogP) is 4.76. The smallest absolute Gasteiger partial charge is 0.340 e. The minimum absolute atomic E-state index is 0.133. The molecule has 4 nitrogen and oxygen atoms in total. The molecule has 0 spiro atoms. The minimum Gasteiger partial charge on any atom is -0.462 e. The molecule has 0 amide bonds. The Hall–Kier alpha value is -1.59. The molecular weight excluding hydrogens is 330 g/mol. The van der Waals surface area contributed by atoms with Crippen molar-refractivity contribution >= 4 is 25.2 Å². The summed E-state index contributed by atoms with van der Waals surface area (Å²) in [5.41, 5.74) is 2.88. The van der Waals surface area contributed by atoms with E-state index in [-0.39, 0.29) is 17.1 Å². The maximum Gasteiger partial charge on any atom is 0.340 e. The van der Waals surface area contributed by atoms with Gasteiger partial charge in [0.05, 0.1) is 18.3 Å². The number of para-hydroxylation sites is 1. The molecule has 0 saturated heterocycles. The fraction of sp³-hybridized carbons (Fsp3) is 0.550. The zero-order valence-corrected chi connectivity index (χ0v) is 17.2. The van der Waals surface area contributed by atoms with Crippen molar-refractivity contribution < 1.29 is 14.0 Å². The molecule has 136 valence electrons. The normalized spacial score (nSPS) is 17.8. The SMILES string of the molecule is CCOC(=O)c1c2n(c3ccccc13)C[C@@H](O[Si](C)(C)C(C)(C)C)C2. The van der Waals surface area contributed by atoms with Crippen molar-refractivity contribution in [3.05, 3.63) is 35.5 Å². The Morgan fingerprint density at radius 3 is 2.60 bits per heavy atom. The molecule has 1 aromatic carbocycles. The molecule has 0 fully saturated rings. The first-order valence-corrected chi connectivity index (χ1v) is 12.0. The van der Waals surface area contributed by atoms with Crippen molar-refractivity contribution in [2.45, 2.75) is 64.9 Å². The van der Waals surface area contributed by atoms with Crippen molar-refractivity contribution in [3.63, 3.8) is 0 Å². The number of esters is 1. The van der Waals surface area contributed by atoms with Crippen LogP contribution in [0.5, 0.6) is 0 Å². The highest BCUT2D eigenvalue weighted by Crippen LogP contribution is 2.40. The topological polar surface area (TPSA) is 40.5 Å². The van der Waals surface area contributed by atoms with E-state index in [4.69, 9.17) is 9.16 Å². The number of fused-ring (bicyclic) bond motifs is 3. The minimum atomic E-state index is -1.84. The summed E-state index contributed by atoms with van der Waals surface area (Å²) in [7, 11) is -1.84. The van der Waals surface area contributed by atoms with Gasteiger partial charge in [0.1, 0.15) is 0 Å². The van der Waals surface area contributed by atoms with Crippen molar-refractivity contribution in [3.8, 4) is 0 Å². The molecule has 25 heavy (non-hydrogen) atoms. The third-order valence-corrected chi connectivity index (χ3v) is 10.2. The van der Waals surface area contributed by atoms with Crippen LogP contribution in [0.3, 0.4) is 0 Å². The second-order valence-electron chi connectivity index (χ2n) is 8.37. The number of carbonyl (C=O) groups is 1. The number of carbonyl (C=O) groups excluding carboxylic acids is 1. The van der Waals surface area contributed by atoms with Gasteiger partial charge < -0.3 is 13.7 Å². The molecule has 0 radical (unpaired) electrons. The predicted molar refractivity (Wildman–Crippen MR) is 104 cm³/mol. The van der Waals surface area contributed by atoms with Gasteiger partial charge >= 0.3 is 5.97 Å². The van der Waals surface area contributed by atoms with E-state index in [1.807, 2.05) is 25.1 Å². The zero-order chi connectivity index (χ0) is 18.4. The van der Waals surface area contributed by atoms with Crippen LogP contribution in [0, 0.1) is 0 Å². The van der Waals surface area contributed by atoms with Crippen LogP contribution in [0.15, 0.2) is 24.3 Å². The highest BCUT2D eigenvalue weighted by Gasteiger charge is 2.41. The summed E-state index contributed by atoms with van der Waals surface area (Å²) in [5.74, 6) is -0.222. The van der Waals surface area contributed by atoms with Gasteiger partial charge in [-0.2, -0.15) is 0 Å². The van der Waals surface area contributed by atoms with E-state index in [1.54, 1.807) is 0 Å². The van der Waals surface area contributed by atoms with E-state index in [0.29, 0.717) is 6.61 Å². The fourth-order valence-corrected chi connectivity index (χ4v) is 4.71. The van der Waals surface area contributed by atoms with Crippen LogP contribution < -0.4 is 0 Å². The third kappa shape index (κ3) is 3.15. The van der Waals surface area contributed by atoms with Gasteiger partial charge in [-0.15, -0.1) is 0 Å². The lowest BCUT2D eigenvalue weighted by atomic mass is 10.1. The summed E-state index contributed by atoms with van der Waals surface area (Å²) < 4.78 is 14.2. The maximum absolute atomic E-state index is 12.6. The van der Waals surface area contributed by atoms with Crippen LogP contribution in [0.25, 0.3) is 10.9 Å². The van der Waals surface area contributed by atoms with Crippen molar-refractivity contribution in [2.75, 3.05) is 6.61 Å². The van der Waals surface area contributed by atoms with Crippen LogP contribution in [0.4, 0.5) is 0 Å². The van der Waals surface area contributed by atoms with Crippen molar-refractivity contribution in [1.29, 1.82) is 0 Å². The van der Waals surface area contributed by atoms with Crippen molar-refractivity contribution in [1.82, 2.24) is 4.57 Å². The van der Waals surface area contributed by atoms with Crippen LogP contribution in [0.1, 0.15) is 43.7 Å². The molecule has 1 aromatic heterocycles. The molecule has 2 aromatic rings. The number of ether oxygens (including phenoxy) is 1. The van der Waals surface area contributed by atoms with Gasteiger partial charge in [0.25, 0.3) is 0 Å². The lowest BCUT2D eigenvalue weighted by molar-refractivity contribution is 0.0527. The molecule has 5 heteroatoms. The fourth-order valence-electron chi connectivity index (χ4n) is 3.36. The Kier molecular flexibility index (Phi) is 4.58. The van der Waals surface area contributed by atoms with E-state index >= 15 is 0 Å². The molecular formula is C20H29NO3Si. The van der Waals surface area contributed by atoms with Gasteiger partial charge in [-0.25, -0.2) is 4.79 Å². The molecule has 0 bridgehead atoms. The molecule has 0 unspecified atom stereocenters.